The standard InChI is InChI=1S/C18H16N4/c1-3-5-6-14(4-2)18-16(20)9-15(12-22-18)17-8-7-13(10-19)11-21-17/h3-9,11-12H,2,20H2,1H3/b5-3-,14-6+. The van der Waals surface area contributed by atoms with Gasteiger partial charge in [0.2, 0.25) is 0 Å². The normalized spacial score (nSPS) is 11.4. The number of hydrogen-bond donors (Lipinski definition) is 1. The van der Waals surface area contributed by atoms with Crippen molar-refractivity contribution in [3.63, 3.8) is 0 Å². The van der Waals surface area contributed by atoms with E-state index in [2.05, 4.69) is 16.5 Å². The Balaban J connectivity index is 2.40. The van der Waals surface area contributed by atoms with E-state index >= 15 is 0 Å². The lowest BCUT2D eigenvalue weighted by atomic mass is 10.1. The molecule has 0 fully saturated rings. The number of aromatic nitrogens is 2. The number of nitrogens with two attached hydrogens (primary N) is 1. The number of rotatable bonds is 4. The van der Waals surface area contributed by atoms with E-state index in [1.54, 1.807) is 24.4 Å². The average Bonchev–Trinajstić information content (AvgIpc) is 2.56. The first-order valence-corrected chi connectivity index (χ1v) is 6.77. The van der Waals surface area contributed by atoms with E-state index in [9.17, 15) is 0 Å². The highest BCUT2D eigenvalue weighted by atomic mass is 14.8. The van der Waals surface area contributed by atoms with Gasteiger partial charge in [0.15, 0.2) is 0 Å². The molecule has 4 nitrogen and oxygen atoms in total. The van der Waals surface area contributed by atoms with Crippen LogP contribution in [0, 0.1) is 11.3 Å². The molecule has 0 radical (unpaired) electrons. The van der Waals surface area contributed by atoms with Gasteiger partial charge >= 0.3 is 0 Å². The highest BCUT2D eigenvalue weighted by Gasteiger charge is 2.07. The van der Waals surface area contributed by atoms with Crippen molar-refractivity contribution >= 4 is 11.3 Å². The monoisotopic (exact) mass is 288 g/mol. The number of nitriles is 1. The summed E-state index contributed by atoms with van der Waals surface area (Å²) in [5.41, 5.74) is 10.3. The third-order valence-corrected chi connectivity index (χ3v) is 3.07. The molecule has 0 amide bonds. The van der Waals surface area contributed by atoms with Crippen LogP contribution in [0.2, 0.25) is 0 Å². The predicted molar refractivity (Wildman–Crippen MR) is 89.6 cm³/mol. The molecule has 2 heterocycles. The van der Waals surface area contributed by atoms with Crippen LogP contribution in [-0.2, 0) is 0 Å². The van der Waals surface area contributed by atoms with Crippen LogP contribution in [0.3, 0.4) is 0 Å². The lowest BCUT2D eigenvalue weighted by Crippen LogP contribution is -1.98. The van der Waals surface area contributed by atoms with Gasteiger partial charge in [-0.2, -0.15) is 5.26 Å². The van der Waals surface area contributed by atoms with E-state index < -0.39 is 0 Å². The van der Waals surface area contributed by atoms with Crippen LogP contribution in [0.25, 0.3) is 16.8 Å². The maximum Gasteiger partial charge on any atom is 0.101 e. The van der Waals surface area contributed by atoms with Gasteiger partial charge in [-0.25, -0.2) is 0 Å². The largest absolute Gasteiger partial charge is 0.397 e. The van der Waals surface area contributed by atoms with Gasteiger partial charge in [-0.1, -0.05) is 30.9 Å². The van der Waals surface area contributed by atoms with Crippen molar-refractivity contribution in [2.24, 2.45) is 0 Å². The summed E-state index contributed by atoms with van der Waals surface area (Å²) >= 11 is 0. The predicted octanol–water partition coefficient (Wildman–Crippen LogP) is 3.74. The van der Waals surface area contributed by atoms with Crippen LogP contribution < -0.4 is 5.73 Å². The topological polar surface area (TPSA) is 75.6 Å². The van der Waals surface area contributed by atoms with Gasteiger partial charge in [0.1, 0.15) is 6.07 Å². The number of hydrogen-bond acceptors (Lipinski definition) is 4. The Bertz CT molecular complexity index is 778. The van der Waals surface area contributed by atoms with E-state index in [-0.39, 0.29) is 0 Å². The molecule has 2 aromatic heterocycles. The Hall–Kier alpha value is -3.19. The number of allylic oxidation sites excluding steroid dienone is 5. The third kappa shape index (κ3) is 3.28. The molecule has 2 N–H and O–H groups in total. The summed E-state index contributed by atoms with van der Waals surface area (Å²) in [6.07, 6.45) is 10.7. The van der Waals surface area contributed by atoms with E-state index in [0.29, 0.717) is 16.9 Å². The van der Waals surface area contributed by atoms with Gasteiger partial charge in [0.25, 0.3) is 0 Å². The molecule has 0 aliphatic heterocycles. The Morgan fingerprint density at radius 3 is 2.68 bits per heavy atom. The van der Waals surface area contributed by atoms with E-state index in [1.807, 2.05) is 37.3 Å². The zero-order chi connectivity index (χ0) is 15.9. The first-order valence-electron chi connectivity index (χ1n) is 6.77. The summed E-state index contributed by atoms with van der Waals surface area (Å²) in [7, 11) is 0. The second kappa shape index (κ2) is 7.00. The average molecular weight is 288 g/mol. The van der Waals surface area contributed by atoms with Gasteiger partial charge in [-0.05, 0) is 25.1 Å². The lowest BCUT2D eigenvalue weighted by Gasteiger charge is -2.08. The van der Waals surface area contributed by atoms with Gasteiger partial charge < -0.3 is 5.73 Å². The van der Waals surface area contributed by atoms with E-state index in [4.69, 9.17) is 11.0 Å². The number of nitrogens with zero attached hydrogens (tertiary/aromatic N) is 3. The van der Waals surface area contributed by atoms with E-state index in [1.165, 1.54) is 6.20 Å². The third-order valence-electron chi connectivity index (χ3n) is 3.07. The molecule has 0 aromatic carbocycles. The Labute approximate surface area is 130 Å². The van der Waals surface area contributed by atoms with Gasteiger partial charge in [-0.15, -0.1) is 0 Å². The molecule has 0 aliphatic rings. The minimum atomic E-state index is 0.518. The quantitative estimate of drug-likeness (QED) is 0.869. The second-order valence-corrected chi connectivity index (χ2v) is 4.56. The fourth-order valence-electron chi connectivity index (χ4n) is 1.94. The molecule has 0 atom stereocenters. The van der Waals surface area contributed by atoms with Crippen molar-refractivity contribution < 1.29 is 0 Å². The van der Waals surface area contributed by atoms with Crippen molar-refractivity contribution in [2.45, 2.75) is 6.92 Å². The maximum absolute atomic E-state index is 8.80. The molecule has 0 spiro atoms. The van der Waals surface area contributed by atoms with Crippen molar-refractivity contribution in [3.8, 4) is 17.3 Å². The summed E-state index contributed by atoms with van der Waals surface area (Å²) < 4.78 is 0. The van der Waals surface area contributed by atoms with Crippen LogP contribution in [0.4, 0.5) is 5.69 Å². The van der Waals surface area contributed by atoms with Crippen LogP contribution in [0.5, 0.6) is 0 Å². The highest BCUT2D eigenvalue weighted by Crippen LogP contribution is 2.25. The molecule has 22 heavy (non-hydrogen) atoms. The van der Waals surface area contributed by atoms with Crippen LogP contribution in [-0.4, -0.2) is 9.97 Å². The lowest BCUT2D eigenvalue weighted by molar-refractivity contribution is 1.25. The molecular formula is C18H16N4. The van der Waals surface area contributed by atoms with Crippen LogP contribution in [0.15, 0.2) is 61.5 Å². The molecule has 0 bridgehead atoms. The molecule has 0 unspecified atom stereocenters. The summed E-state index contributed by atoms with van der Waals surface area (Å²) in [5, 5.41) is 8.80. The molecule has 2 aromatic rings. The van der Waals surface area contributed by atoms with Crippen LogP contribution in [0.1, 0.15) is 18.2 Å². The minimum absolute atomic E-state index is 0.518. The van der Waals surface area contributed by atoms with E-state index in [0.717, 1.165) is 16.8 Å². The Kier molecular flexibility index (Phi) is 4.84. The zero-order valence-corrected chi connectivity index (χ0v) is 12.3. The Morgan fingerprint density at radius 1 is 1.32 bits per heavy atom. The molecular weight excluding hydrogens is 272 g/mol. The van der Waals surface area contributed by atoms with Crippen LogP contribution >= 0.6 is 0 Å². The summed E-state index contributed by atoms with van der Waals surface area (Å²) in [5.74, 6) is 0. The summed E-state index contributed by atoms with van der Waals surface area (Å²) in [6, 6.07) is 7.36. The van der Waals surface area contributed by atoms with Gasteiger partial charge in [0, 0.05) is 23.5 Å². The van der Waals surface area contributed by atoms with Crippen molar-refractivity contribution in [1.29, 1.82) is 5.26 Å². The zero-order valence-electron chi connectivity index (χ0n) is 12.3. The SMILES string of the molecule is C=C/C(=C\C=C/C)c1ncc(-c2ccc(C#N)cn2)cc1N. The van der Waals surface area contributed by atoms with Crippen molar-refractivity contribution in [3.05, 3.63) is 72.7 Å². The minimum Gasteiger partial charge on any atom is -0.397 e. The molecule has 108 valence electrons. The molecule has 0 saturated heterocycles. The first-order chi connectivity index (χ1) is 10.7. The second-order valence-electron chi connectivity index (χ2n) is 4.56. The fraction of sp³-hybridized carbons (Fsp3) is 0.0556. The summed E-state index contributed by atoms with van der Waals surface area (Å²) in [4.78, 5) is 8.66. The smallest absolute Gasteiger partial charge is 0.101 e. The first kappa shape index (κ1) is 15.2. The Morgan fingerprint density at radius 2 is 2.14 bits per heavy atom. The highest BCUT2D eigenvalue weighted by molar-refractivity contribution is 5.81. The summed E-state index contributed by atoms with van der Waals surface area (Å²) in [6.45, 7) is 5.73. The molecule has 0 aliphatic carbocycles. The number of anilines is 1. The maximum atomic E-state index is 8.80. The van der Waals surface area contributed by atoms with Crippen molar-refractivity contribution in [2.75, 3.05) is 5.73 Å². The van der Waals surface area contributed by atoms with Gasteiger partial charge in [-0.3, -0.25) is 9.97 Å². The number of nitrogen functional groups attached to an aromatic ring is 1. The molecule has 0 saturated carbocycles. The fourth-order valence-corrected chi connectivity index (χ4v) is 1.94. The number of pyridine rings is 2. The molecule has 4 heteroatoms. The van der Waals surface area contributed by atoms with Gasteiger partial charge in [0.05, 0.1) is 22.6 Å². The molecule has 2 rings (SSSR count). The van der Waals surface area contributed by atoms with Crippen molar-refractivity contribution in [1.82, 2.24) is 9.97 Å².